The number of rotatable bonds is 6. The molecule has 142 valence electrons. The quantitative estimate of drug-likeness (QED) is 0.456. The van der Waals surface area contributed by atoms with Gasteiger partial charge in [-0.3, -0.25) is 14.9 Å². The number of hydrogen-bond acceptors (Lipinski definition) is 6. The Balaban J connectivity index is 1.68. The number of ether oxygens (including phenoxy) is 1. The van der Waals surface area contributed by atoms with E-state index in [1.807, 2.05) is 0 Å². The number of nitrogens with one attached hydrogen (secondary N) is 1. The number of nitrogens with two attached hydrogens (primary N) is 1. The molecule has 0 radical (unpaired) electrons. The van der Waals surface area contributed by atoms with Crippen LogP contribution in [0.3, 0.4) is 0 Å². The van der Waals surface area contributed by atoms with Crippen molar-refractivity contribution in [3.63, 3.8) is 0 Å². The standard InChI is InChI=1S/C18H19FN4O4/c19-12-8-14(17(20)15(9-12)23(25)26)18(24)22-10-11-5-6-21-16(7-11)27-13-3-1-2-4-13/h5-9,13H,1-4,10,20H2,(H,22,24). The smallest absolute Gasteiger partial charge is 0.295 e. The minimum absolute atomic E-state index is 0.117. The Hall–Kier alpha value is -3.23. The van der Waals surface area contributed by atoms with Crippen LogP contribution in [0.4, 0.5) is 15.8 Å². The summed E-state index contributed by atoms with van der Waals surface area (Å²) in [5.41, 5.74) is 5.07. The molecule has 1 heterocycles. The molecule has 3 rings (SSSR count). The topological polar surface area (TPSA) is 120 Å². The Labute approximate surface area is 154 Å². The molecule has 1 aromatic heterocycles. The van der Waals surface area contributed by atoms with Gasteiger partial charge in [-0.25, -0.2) is 9.37 Å². The third-order valence-corrected chi connectivity index (χ3v) is 4.41. The first-order valence-electron chi connectivity index (χ1n) is 8.57. The van der Waals surface area contributed by atoms with Crippen molar-refractivity contribution in [2.45, 2.75) is 38.3 Å². The largest absolute Gasteiger partial charge is 0.474 e. The SMILES string of the molecule is Nc1c(C(=O)NCc2ccnc(OC3CCCC3)c2)cc(F)cc1[N+](=O)[O-]. The molecule has 1 aliphatic carbocycles. The maximum atomic E-state index is 13.6. The highest BCUT2D eigenvalue weighted by atomic mass is 19.1. The lowest BCUT2D eigenvalue weighted by molar-refractivity contribution is -0.384. The van der Waals surface area contributed by atoms with Crippen LogP contribution in [0, 0.1) is 15.9 Å². The monoisotopic (exact) mass is 374 g/mol. The molecule has 8 nitrogen and oxygen atoms in total. The van der Waals surface area contributed by atoms with Gasteiger partial charge in [-0.2, -0.15) is 0 Å². The Bertz CT molecular complexity index is 868. The number of amides is 1. The zero-order valence-electron chi connectivity index (χ0n) is 14.5. The molecule has 1 fully saturated rings. The molecular formula is C18H19FN4O4. The van der Waals surface area contributed by atoms with Gasteiger partial charge in [0.2, 0.25) is 5.88 Å². The van der Waals surface area contributed by atoms with E-state index >= 15 is 0 Å². The van der Waals surface area contributed by atoms with E-state index in [0.29, 0.717) is 11.9 Å². The van der Waals surface area contributed by atoms with E-state index in [1.165, 1.54) is 0 Å². The van der Waals surface area contributed by atoms with E-state index < -0.39 is 22.3 Å². The van der Waals surface area contributed by atoms with Gasteiger partial charge in [0.1, 0.15) is 17.6 Å². The van der Waals surface area contributed by atoms with Crippen molar-refractivity contribution in [2.24, 2.45) is 0 Å². The first-order chi connectivity index (χ1) is 12.9. The minimum atomic E-state index is -0.905. The van der Waals surface area contributed by atoms with Crippen molar-refractivity contribution in [3.05, 3.63) is 57.5 Å². The van der Waals surface area contributed by atoms with Gasteiger partial charge in [0.05, 0.1) is 16.6 Å². The summed E-state index contributed by atoms with van der Waals surface area (Å²) in [6.07, 6.45) is 6.02. The average Bonchev–Trinajstić information content (AvgIpc) is 3.14. The average molecular weight is 374 g/mol. The second kappa shape index (κ2) is 7.98. The fourth-order valence-electron chi connectivity index (χ4n) is 3.02. The molecular weight excluding hydrogens is 355 g/mol. The number of halogens is 1. The highest BCUT2D eigenvalue weighted by Crippen LogP contribution is 2.27. The van der Waals surface area contributed by atoms with Crippen LogP contribution >= 0.6 is 0 Å². The maximum absolute atomic E-state index is 13.6. The molecule has 0 aliphatic heterocycles. The summed E-state index contributed by atoms with van der Waals surface area (Å²) in [6, 6.07) is 4.98. The third kappa shape index (κ3) is 4.49. The third-order valence-electron chi connectivity index (χ3n) is 4.41. The maximum Gasteiger partial charge on any atom is 0.295 e. The minimum Gasteiger partial charge on any atom is -0.474 e. The van der Waals surface area contributed by atoms with E-state index in [1.54, 1.807) is 18.3 Å². The molecule has 9 heteroatoms. The van der Waals surface area contributed by atoms with Gasteiger partial charge in [0.15, 0.2) is 0 Å². The Kier molecular flexibility index (Phi) is 5.49. The van der Waals surface area contributed by atoms with Crippen molar-refractivity contribution in [3.8, 4) is 5.88 Å². The molecule has 2 aromatic rings. The summed E-state index contributed by atoms with van der Waals surface area (Å²) in [5.74, 6) is -1.13. The fraction of sp³-hybridized carbons (Fsp3) is 0.333. The molecule has 0 saturated heterocycles. The zero-order chi connectivity index (χ0) is 19.4. The van der Waals surface area contributed by atoms with Crippen LogP contribution in [0.2, 0.25) is 0 Å². The number of nitrogen functional groups attached to an aromatic ring is 1. The summed E-state index contributed by atoms with van der Waals surface area (Å²) < 4.78 is 19.4. The summed E-state index contributed by atoms with van der Waals surface area (Å²) >= 11 is 0. The van der Waals surface area contributed by atoms with Crippen LogP contribution in [-0.4, -0.2) is 21.9 Å². The zero-order valence-corrected chi connectivity index (χ0v) is 14.5. The van der Waals surface area contributed by atoms with Gasteiger partial charge in [0.25, 0.3) is 11.6 Å². The van der Waals surface area contributed by atoms with Gasteiger partial charge in [-0.15, -0.1) is 0 Å². The number of nitrogens with zero attached hydrogens (tertiary/aromatic N) is 2. The van der Waals surface area contributed by atoms with Gasteiger partial charge < -0.3 is 15.8 Å². The predicted octanol–water partition coefficient (Wildman–Crippen LogP) is 2.96. The summed E-state index contributed by atoms with van der Waals surface area (Å²) in [4.78, 5) is 26.6. The van der Waals surface area contributed by atoms with Crippen LogP contribution in [0.25, 0.3) is 0 Å². The van der Waals surface area contributed by atoms with Crippen LogP contribution < -0.4 is 15.8 Å². The van der Waals surface area contributed by atoms with E-state index in [9.17, 15) is 19.3 Å². The number of nitro groups is 1. The number of nitro benzene ring substituents is 1. The molecule has 3 N–H and O–H groups in total. The molecule has 1 amide bonds. The second-order valence-corrected chi connectivity index (χ2v) is 6.35. The summed E-state index contributed by atoms with van der Waals surface area (Å²) in [7, 11) is 0. The van der Waals surface area contributed by atoms with Gasteiger partial charge >= 0.3 is 0 Å². The number of aromatic nitrogens is 1. The number of carbonyl (C=O) groups excluding carboxylic acids is 1. The van der Waals surface area contributed by atoms with E-state index in [-0.39, 0.29) is 23.9 Å². The molecule has 1 saturated carbocycles. The Morgan fingerprint density at radius 3 is 2.81 bits per heavy atom. The molecule has 1 aromatic carbocycles. The van der Waals surface area contributed by atoms with Crippen LogP contribution in [0.5, 0.6) is 5.88 Å². The first kappa shape index (κ1) is 18.6. The van der Waals surface area contributed by atoms with Crippen LogP contribution in [-0.2, 0) is 6.54 Å². The van der Waals surface area contributed by atoms with Crippen molar-refractivity contribution >= 4 is 17.3 Å². The number of anilines is 1. The Morgan fingerprint density at radius 2 is 2.11 bits per heavy atom. The van der Waals surface area contributed by atoms with E-state index in [0.717, 1.165) is 37.3 Å². The molecule has 0 atom stereocenters. The van der Waals surface area contributed by atoms with Crippen LogP contribution in [0.1, 0.15) is 41.6 Å². The van der Waals surface area contributed by atoms with Gasteiger partial charge in [0, 0.05) is 18.8 Å². The molecule has 1 aliphatic rings. The molecule has 0 spiro atoms. The van der Waals surface area contributed by atoms with Crippen molar-refractivity contribution in [2.75, 3.05) is 5.73 Å². The number of hydrogen-bond donors (Lipinski definition) is 2. The lowest BCUT2D eigenvalue weighted by atomic mass is 10.1. The number of pyridine rings is 1. The van der Waals surface area contributed by atoms with Crippen molar-refractivity contribution < 1.29 is 18.8 Å². The highest BCUT2D eigenvalue weighted by molar-refractivity contribution is 6.01. The number of benzene rings is 1. The number of carbonyl (C=O) groups is 1. The lowest BCUT2D eigenvalue weighted by Crippen LogP contribution is -2.24. The Morgan fingerprint density at radius 1 is 1.37 bits per heavy atom. The van der Waals surface area contributed by atoms with Gasteiger partial charge in [-0.1, -0.05) is 0 Å². The lowest BCUT2D eigenvalue weighted by Gasteiger charge is -2.13. The summed E-state index contributed by atoms with van der Waals surface area (Å²) in [5, 5.41) is 13.5. The predicted molar refractivity (Wildman–Crippen MR) is 95.8 cm³/mol. The van der Waals surface area contributed by atoms with E-state index in [2.05, 4.69) is 10.3 Å². The molecule has 27 heavy (non-hydrogen) atoms. The normalized spacial score (nSPS) is 14.1. The second-order valence-electron chi connectivity index (χ2n) is 6.35. The van der Waals surface area contributed by atoms with Gasteiger partial charge in [-0.05, 0) is 43.4 Å². The first-order valence-corrected chi connectivity index (χ1v) is 8.57. The van der Waals surface area contributed by atoms with E-state index in [4.69, 9.17) is 10.5 Å². The van der Waals surface area contributed by atoms with Crippen molar-refractivity contribution in [1.29, 1.82) is 0 Å². The van der Waals surface area contributed by atoms with Crippen LogP contribution in [0.15, 0.2) is 30.5 Å². The molecule has 0 bridgehead atoms. The van der Waals surface area contributed by atoms with Crippen molar-refractivity contribution in [1.82, 2.24) is 10.3 Å². The highest BCUT2D eigenvalue weighted by Gasteiger charge is 2.22. The fourth-order valence-corrected chi connectivity index (χ4v) is 3.02. The molecule has 0 unspecified atom stereocenters. The summed E-state index contributed by atoms with van der Waals surface area (Å²) in [6.45, 7) is 0.117.